The van der Waals surface area contributed by atoms with Gasteiger partial charge in [0.2, 0.25) is 11.8 Å². The van der Waals surface area contributed by atoms with Gasteiger partial charge >= 0.3 is 5.97 Å². The van der Waals surface area contributed by atoms with E-state index < -0.39 is 5.97 Å². The summed E-state index contributed by atoms with van der Waals surface area (Å²) < 4.78 is 4.71. The zero-order chi connectivity index (χ0) is 22.4. The molecule has 7 heteroatoms. The third-order valence-corrected chi connectivity index (χ3v) is 5.35. The van der Waals surface area contributed by atoms with E-state index in [2.05, 4.69) is 15.5 Å². The SMILES string of the molecule is COC(=O)c1cccc(NC(=O)CCN(CC(=O)Nc2c(C)cccc2C)C2CC2)c1. The van der Waals surface area contributed by atoms with Crippen LogP contribution in [0.4, 0.5) is 11.4 Å². The first kappa shape index (κ1) is 22.5. The first-order valence-corrected chi connectivity index (χ1v) is 10.5. The van der Waals surface area contributed by atoms with Gasteiger partial charge in [0.15, 0.2) is 0 Å². The number of aryl methyl sites for hydroxylation is 2. The maximum absolute atomic E-state index is 12.6. The lowest BCUT2D eigenvalue weighted by Crippen LogP contribution is -2.37. The van der Waals surface area contributed by atoms with Gasteiger partial charge in [-0.15, -0.1) is 0 Å². The van der Waals surface area contributed by atoms with Crippen molar-refractivity contribution < 1.29 is 19.1 Å². The summed E-state index contributed by atoms with van der Waals surface area (Å²) in [5, 5.41) is 5.83. The molecular weight excluding hydrogens is 394 g/mol. The Morgan fingerprint density at radius 2 is 1.68 bits per heavy atom. The van der Waals surface area contributed by atoms with Crippen molar-refractivity contribution in [1.82, 2.24) is 4.90 Å². The van der Waals surface area contributed by atoms with Crippen LogP contribution in [-0.4, -0.2) is 48.9 Å². The Morgan fingerprint density at radius 3 is 2.32 bits per heavy atom. The lowest BCUT2D eigenvalue weighted by Gasteiger charge is -2.22. The average Bonchev–Trinajstić information content (AvgIpc) is 3.59. The van der Waals surface area contributed by atoms with Gasteiger partial charge in [0.05, 0.1) is 19.2 Å². The first-order chi connectivity index (χ1) is 14.9. The summed E-state index contributed by atoms with van der Waals surface area (Å²) in [7, 11) is 1.32. The fourth-order valence-corrected chi connectivity index (χ4v) is 3.52. The molecule has 2 aromatic carbocycles. The minimum Gasteiger partial charge on any atom is -0.465 e. The summed E-state index contributed by atoms with van der Waals surface area (Å²) in [6, 6.07) is 12.9. The second-order valence-corrected chi connectivity index (χ2v) is 7.89. The Kier molecular flexibility index (Phi) is 7.41. The second kappa shape index (κ2) is 10.2. The van der Waals surface area contributed by atoms with Gasteiger partial charge in [-0.3, -0.25) is 14.5 Å². The van der Waals surface area contributed by atoms with E-state index in [4.69, 9.17) is 4.74 Å². The van der Waals surface area contributed by atoms with Crippen molar-refractivity contribution in [2.75, 3.05) is 30.8 Å². The molecule has 0 bridgehead atoms. The minimum atomic E-state index is -0.453. The fourth-order valence-electron chi connectivity index (χ4n) is 3.52. The summed E-state index contributed by atoms with van der Waals surface area (Å²) in [6.07, 6.45) is 2.34. The van der Waals surface area contributed by atoms with Gasteiger partial charge in [-0.1, -0.05) is 24.3 Å². The largest absolute Gasteiger partial charge is 0.465 e. The molecule has 7 nitrogen and oxygen atoms in total. The Balaban J connectivity index is 1.53. The number of methoxy groups -OCH3 is 1. The number of nitrogens with zero attached hydrogens (tertiary/aromatic N) is 1. The van der Waals surface area contributed by atoms with E-state index in [1.807, 2.05) is 32.0 Å². The van der Waals surface area contributed by atoms with Gasteiger partial charge in [0.25, 0.3) is 0 Å². The number of nitrogens with one attached hydrogen (secondary N) is 2. The lowest BCUT2D eigenvalue weighted by atomic mass is 10.1. The van der Waals surface area contributed by atoms with Crippen LogP contribution in [0.1, 0.15) is 40.7 Å². The van der Waals surface area contributed by atoms with Crippen molar-refractivity contribution in [2.45, 2.75) is 39.2 Å². The summed E-state index contributed by atoms with van der Waals surface area (Å²) in [4.78, 5) is 38.8. The molecule has 0 saturated heterocycles. The van der Waals surface area contributed by atoms with Crippen LogP contribution < -0.4 is 10.6 Å². The van der Waals surface area contributed by atoms with Crippen LogP contribution in [-0.2, 0) is 14.3 Å². The first-order valence-electron chi connectivity index (χ1n) is 10.5. The van der Waals surface area contributed by atoms with Crippen LogP contribution in [0.5, 0.6) is 0 Å². The van der Waals surface area contributed by atoms with Gasteiger partial charge in [0.1, 0.15) is 0 Å². The Morgan fingerprint density at radius 1 is 1.00 bits per heavy atom. The van der Waals surface area contributed by atoms with Gasteiger partial charge < -0.3 is 15.4 Å². The third-order valence-electron chi connectivity index (χ3n) is 5.35. The summed E-state index contributed by atoms with van der Waals surface area (Å²) in [5.74, 6) is -0.691. The average molecular weight is 424 g/mol. The monoisotopic (exact) mass is 423 g/mol. The van der Waals surface area contributed by atoms with Crippen molar-refractivity contribution in [2.24, 2.45) is 0 Å². The highest BCUT2D eigenvalue weighted by atomic mass is 16.5. The number of ether oxygens (including phenoxy) is 1. The topological polar surface area (TPSA) is 87.7 Å². The van der Waals surface area contributed by atoms with Crippen LogP contribution in [0.15, 0.2) is 42.5 Å². The molecule has 0 aliphatic heterocycles. The van der Waals surface area contributed by atoms with Crippen molar-refractivity contribution in [3.8, 4) is 0 Å². The van der Waals surface area contributed by atoms with Crippen LogP contribution in [0.3, 0.4) is 0 Å². The standard InChI is InChI=1S/C24H29N3O4/c1-16-6-4-7-17(2)23(16)26-22(29)15-27(20-10-11-20)13-12-21(28)25-19-9-5-8-18(14-19)24(30)31-3/h4-9,14,20H,10-13,15H2,1-3H3,(H,25,28)(H,26,29). The normalized spacial score (nSPS) is 13.0. The van der Waals surface area contributed by atoms with Crippen molar-refractivity contribution in [1.29, 1.82) is 0 Å². The van der Waals surface area contributed by atoms with Crippen LogP contribution in [0.2, 0.25) is 0 Å². The van der Waals surface area contributed by atoms with Crippen molar-refractivity contribution in [3.05, 3.63) is 59.2 Å². The van der Waals surface area contributed by atoms with E-state index in [-0.39, 0.29) is 24.8 Å². The molecule has 3 rings (SSSR count). The molecule has 1 aliphatic rings. The van der Waals surface area contributed by atoms with E-state index in [1.54, 1.807) is 24.3 Å². The minimum absolute atomic E-state index is 0.0736. The number of amides is 2. The van der Waals surface area contributed by atoms with Gasteiger partial charge in [-0.2, -0.15) is 0 Å². The van der Waals surface area contributed by atoms with E-state index in [9.17, 15) is 14.4 Å². The molecule has 2 amide bonds. The van der Waals surface area contributed by atoms with E-state index >= 15 is 0 Å². The van der Waals surface area contributed by atoms with E-state index in [0.29, 0.717) is 23.8 Å². The van der Waals surface area contributed by atoms with Crippen molar-refractivity contribution >= 4 is 29.2 Å². The number of rotatable bonds is 9. The van der Waals surface area contributed by atoms with Crippen molar-refractivity contribution in [3.63, 3.8) is 0 Å². The number of hydrogen-bond acceptors (Lipinski definition) is 5. The molecule has 1 fully saturated rings. The zero-order valence-corrected chi connectivity index (χ0v) is 18.2. The quantitative estimate of drug-likeness (QED) is 0.603. The van der Waals surface area contributed by atoms with Crippen LogP contribution in [0, 0.1) is 13.8 Å². The maximum Gasteiger partial charge on any atom is 0.337 e. The molecule has 31 heavy (non-hydrogen) atoms. The smallest absolute Gasteiger partial charge is 0.337 e. The zero-order valence-electron chi connectivity index (χ0n) is 18.2. The van der Waals surface area contributed by atoms with Crippen LogP contribution in [0.25, 0.3) is 0 Å². The summed E-state index contributed by atoms with van der Waals surface area (Å²) >= 11 is 0. The third kappa shape index (κ3) is 6.39. The maximum atomic E-state index is 12.6. The fraction of sp³-hybridized carbons (Fsp3) is 0.375. The molecule has 2 N–H and O–H groups in total. The predicted molar refractivity (Wildman–Crippen MR) is 120 cm³/mol. The van der Waals surface area contributed by atoms with Gasteiger partial charge in [-0.05, 0) is 56.0 Å². The molecule has 2 aromatic rings. The second-order valence-electron chi connectivity index (χ2n) is 7.89. The number of carbonyl (C=O) groups is 3. The number of para-hydroxylation sites is 1. The highest BCUT2D eigenvalue weighted by Gasteiger charge is 2.30. The molecule has 0 radical (unpaired) electrons. The number of anilines is 2. The molecule has 0 spiro atoms. The summed E-state index contributed by atoms with van der Waals surface area (Å²) in [6.45, 7) is 4.69. The predicted octanol–water partition coefficient (Wildman–Crippen LogP) is 3.52. The highest BCUT2D eigenvalue weighted by Crippen LogP contribution is 2.27. The molecule has 1 aliphatic carbocycles. The molecule has 0 atom stereocenters. The number of esters is 1. The Bertz CT molecular complexity index is 949. The molecule has 0 aromatic heterocycles. The Hall–Kier alpha value is -3.19. The van der Waals surface area contributed by atoms with Crippen LogP contribution >= 0.6 is 0 Å². The molecule has 0 heterocycles. The van der Waals surface area contributed by atoms with E-state index in [1.165, 1.54) is 7.11 Å². The summed E-state index contributed by atoms with van der Waals surface area (Å²) in [5.41, 5.74) is 3.83. The highest BCUT2D eigenvalue weighted by molar-refractivity contribution is 5.95. The number of carbonyl (C=O) groups excluding carboxylic acids is 3. The Labute approximate surface area is 182 Å². The lowest BCUT2D eigenvalue weighted by molar-refractivity contribution is -0.119. The number of benzene rings is 2. The molecular formula is C24H29N3O4. The van der Waals surface area contributed by atoms with E-state index in [0.717, 1.165) is 29.7 Å². The molecule has 0 unspecified atom stereocenters. The van der Waals surface area contributed by atoms with Gasteiger partial charge in [0, 0.05) is 30.4 Å². The molecule has 164 valence electrons. The number of hydrogen-bond donors (Lipinski definition) is 2. The van der Waals surface area contributed by atoms with Gasteiger partial charge in [-0.25, -0.2) is 4.79 Å². The molecule has 1 saturated carbocycles.